The van der Waals surface area contributed by atoms with Gasteiger partial charge in [-0.1, -0.05) is 49.4 Å². The third-order valence-corrected chi connectivity index (χ3v) is 6.23. The molecule has 1 aliphatic rings. The van der Waals surface area contributed by atoms with E-state index in [2.05, 4.69) is 71.1 Å². The zero-order chi connectivity index (χ0) is 17.1. The molecule has 1 unspecified atom stereocenters. The van der Waals surface area contributed by atoms with Gasteiger partial charge in [0.2, 0.25) is 0 Å². The molecule has 3 heteroatoms. The van der Waals surface area contributed by atoms with Crippen molar-refractivity contribution in [1.82, 2.24) is 10.2 Å². The van der Waals surface area contributed by atoms with Crippen molar-refractivity contribution in [2.75, 3.05) is 26.2 Å². The molecule has 25 heavy (non-hydrogen) atoms. The van der Waals surface area contributed by atoms with Gasteiger partial charge in [-0.05, 0) is 52.9 Å². The summed E-state index contributed by atoms with van der Waals surface area (Å²) >= 11 is 1.87. The van der Waals surface area contributed by atoms with E-state index >= 15 is 0 Å². The summed E-state index contributed by atoms with van der Waals surface area (Å²) < 4.78 is 1.39. The van der Waals surface area contributed by atoms with Gasteiger partial charge in [0.05, 0.1) is 6.04 Å². The van der Waals surface area contributed by atoms with Crippen molar-refractivity contribution in [3.05, 3.63) is 70.6 Å². The standard InChI is InChI=1S/C22H26N2S/c1-2-17-8-10-18(11-9-17)22(24-14-5-12-23-13-15-24)20-16-25-21-7-4-3-6-19(20)21/h3-4,6-11,16,22-23H,2,5,12-15H2,1H3. The van der Waals surface area contributed by atoms with E-state index in [-0.39, 0.29) is 0 Å². The number of rotatable bonds is 4. The number of thiophene rings is 1. The molecule has 1 aromatic heterocycles. The normalized spacial score (nSPS) is 17.5. The molecule has 1 aliphatic heterocycles. The second-order valence-electron chi connectivity index (χ2n) is 6.82. The van der Waals surface area contributed by atoms with Gasteiger partial charge in [0, 0.05) is 24.3 Å². The van der Waals surface area contributed by atoms with Gasteiger partial charge in [-0.25, -0.2) is 0 Å². The Morgan fingerprint density at radius 2 is 1.88 bits per heavy atom. The predicted molar refractivity (Wildman–Crippen MR) is 109 cm³/mol. The van der Waals surface area contributed by atoms with Crippen molar-refractivity contribution < 1.29 is 0 Å². The van der Waals surface area contributed by atoms with Crippen molar-refractivity contribution >= 4 is 21.4 Å². The SMILES string of the molecule is CCc1ccc(C(c2csc3ccccc23)N2CCCNCC2)cc1. The number of hydrogen-bond acceptors (Lipinski definition) is 3. The summed E-state index contributed by atoms with van der Waals surface area (Å²) in [5, 5.41) is 7.33. The highest BCUT2D eigenvalue weighted by Gasteiger charge is 2.25. The second-order valence-corrected chi connectivity index (χ2v) is 7.74. The fraction of sp³-hybridized carbons (Fsp3) is 0.364. The molecule has 1 N–H and O–H groups in total. The van der Waals surface area contributed by atoms with Gasteiger partial charge < -0.3 is 5.32 Å². The van der Waals surface area contributed by atoms with Crippen LogP contribution >= 0.6 is 11.3 Å². The third kappa shape index (κ3) is 3.50. The molecule has 0 amide bonds. The highest BCUT2D eigenvalue weighted by Crippen LogP contribution is 2.37. The summed E-state index contributed by atoms with van der Waals surface area (Å²) in [5.74, 6) is 0. The Bertz CT molecular complexity index is 813. The molecule has 0 radical (unpaired) electrons. The molecule has 1 fully saturated rings. The fourth-order valence-electron chi connectivity index (χ4n) is 3.86. The second kappa shape index (κ2) is 7.69. The Hall–Kier alpha value is -1.68. The van der Waals surface area contributed by atoms with Crippen molar-refractivity contribution in [1.29, 1.82) is 0 Å². The molecule has 1 atom stereocenters. The van der Waals surface area contributed by atoms with E-state index in [1.165, 1.54) is 33.2 Å². The topological polar surface area (TPSA) is 15.3 Å². The maximum absolute atomic E-state index is 3.55. The van der Waals surface area contributed by atoms with Gasteiger partial charge >= 0.3 is 0 Å². The van der Waals surface area contributed by atoms with E-state index in [1.807, 2.05) is 11.3 Å². The van der Waals surface area contributed by atoms with Gasteiger partial charge in [0.15, 0.2) is 0 Å². The minimum absolute atomic E-state index is 0.349. The molecule has 1 saturated heterocycles. The molecule has 130 valence electrons. The summed E-state index contributed by atoms with van der Waals surface area (Å²) in [6.45, 7) is 6.68. The average Bonchev–Trinajstić information content (AvgIpc) is 2.90. The first-order valence-corrected chi connectivity index (χ1v) is 10.2. The first kappa shape index (κ1) is 16.8. The molecular weight excluding hydrogens is 324 g/mol. The number of benzene rings is 2. The van der Waals surface area contributed by atoms with Gasteiger partial charge in [0.25, 0.3) is 0 Å². The molecule has 0 aliphatic carbocycles. The van der Waals surface area contributed by atoms with Gasteiger partial charge in [-0.15, -0.1) is 11.3 Å². The summed E-state index contributed by atoms with van der Waals surface area (Å²) in [5.41, 5.74) is 4.30. The van der Waals surface area contributed by atoms with E-state index in [1.54, 1.807) is 0 Å². The molecule has 2 nitrogen and oxygen atoms in total. The van der Waals surface area contributed by atoms with Crippen molar-refractivity contribution in [3.8, 4) is 0 Å². The lowest BCUT2D eigenvalue weighted by atomic mass is 9.95. The van der Waals surface area contributed by atoms with Crippen LogP contribution in [0.4, 0.5) is 0 Å². The van der Waals surface area contributed by atoms with E-state index in [4.69, 9.17) is 0 Å². The largest absolute Gasteiger partial charge is 0.315 e. The van der Waals surface area contributed by atoms with Gasteiger partial charge in [-0.3, -0.25) is 4.90 Å². The Labute approximate surface area is 154 Å². The van der Waals surface area contributed by atoms with Crippen LogP contribution in [0.3, 0.4) is 0 Å². The summed E-state index contributed by atoms with van der Waals surface area (Å²) in [4.78, 5) is 2.66. The first-order chi connectivity index (χ1) is 12.4. The molecule has 4 rings (SSSR count). The third-order valence-electron chi connectivity index (χ3n) is 5.25. The van der Waals surface area contributed by atoms with Crippen LogP contribution in [0.1, 0.15) is 36.1 Å². The van der Waals surface area contributed by atoms with E-state index in [0.29, 0.717) is 6.04 Å². The number of nitrogens with one attached hydrogen (secondary N) is 1. The number of aryl methyl sites for hydroxylation is 1. The van der Waals surface area contributed by atoms with Gasteiger partial charge in [0.1, 0.15) is 0 Å². The molecule has 0 saturated carbocycles. The maximum Gasteiger partial charge on any atom is 0.0616 e. The Morgan fingerprint density at radius 1 is 1.04 bits per heavy atom. The van der Waals surface area contributed by atoms with Crippen LogP contribution in [0.25, 0.3) is 10.1 Å². The summed E-state index contributed by atoms with van der Waals surface area (Å²) in [6, 6.07) is 18.5. The van der Waals surface area contributed by atoms with Gasteiger partial charge in [-0.2, -0.15) is 0 Å². The fourth-order valence-corrected chi connectivity index (χ4v) is 4.84. The lowest BCUT2D eigenvalue weighted by molar-refractivity contribution is 0.242. The zero-order valence-electron chi connectivity index (χ0n) is 14.9. The van der Waals surface area contributed by atoms with Crippen LogP contribution in [0.15, 0.2) is 53.9 Å². The lowest BCUT2D eigenvalue weighted by Gasteiger charge is -2.31. The maximum atomic E-state index is 3.55. The Morgan fingerprint density at radius 3 is 2.72 bits per heavy atom. The van der Waals surface area contributed by atoms with Crippen LogP contribution < -0.4 is 5.32 Å². The first-order valence-electron chi connectivity index (χ1n) is 9.36. The monoisotopic (exact) mass is 350 g/mol. The van der Waals surface area contributed by atoms with Crippen LogP contribution in [0.5, 0.6) is 0 Å². The highest BCUT2D eigenvalue weighted by atomic mass is 32.1. The Kier molecular flexibility index (Phi) is 5.16. The van der Waals surface area contributed by atoms with Crippen molar-refractivity contribution in [2.45, 2.75) is 25.8 Å². The smallest absolute Gasteiger partial charge is 0.0616 e. The Balaban J connectivity index is 1.79. The minimum Gasteiger partial charge on any atom is -0.315 e. The average molecular weight is 351 g/mol. The summed E-state index contributed by atoms with van der Waals surface area (Å²) in [7, 11) is 0. The van der Waals surface area contributed by atoms with Crippen LogP contribution in [0, 0.1) is 0 Å². The van der Waals surface area contributed by atoms with E-state index < -0.39 is 0 Å². The number of nitrogens with zero attached hydrogens (tertiary/aromatic N) is 1. The van der Waals surface area contributed by atoms with Crippen LogP contribution in [0.2, 0.25) is 0 Å². The number of fused-ring (bicyclic) bond motifs is 1. The molecule has 0 bridgehead atoms. The molecule has 3 aromatic rings. The van der Waals surface area contributed by atoms with Crippen LogP contribution in [-0.2, 0) is 6.42 Å². The van der Waals surface area contributed by atoms with Crippen molar-refractivity contribution in [2.24, 2.45) is 0 Å². The predicted octanol–water partition coefficient (Wildman–Crippen LogP) is 4.85. The quantitative estimate of drug-likeness (QED) is 0.724. The molecule has 2 aromatic carbocycles. The zero-order valence-corrected chi connectivity index (χ0v) is 15.7. The summed E-state index contributed by atoms with van der Waals surface area (Å²) in [6.07, 6.45) is 2.31. The van der Waals surface area contributed by atoms with Crippen molar-refractivity contribution in [3.63, 3.8) is 0 Å². The molecular formula is C22H26N2S. The lowest BCUT2D eigenvalue weighted by Crippen LogP contribution is -2.32. The van der Waals surface area contributed by atoms with E-state index in [9.17, 15) is 0 Å². The van der Waals surface area contributed by atoms with E-state index in [0.717, 1.165) is 32.6 Å². The molecule has 0 spiro atoms. The minimum atomic E-state index is 0.349. The highest BCUT2D eigenvalue weighted by molar-refractivity contribution is 7.17. The van der Waals surface area contributed by atoms with Crippen LogP contribution in [-0.4, -0.2) is 31.1 Å². The number of hydrogen-bond donors (Lipinski definition) is 1. The molecule has 2 heterocycles.